The quantitative estimate of drug-likeness (QED) is 0.328. The summed E-state index contributed by atoms with van der Waals surface area (Å²) in [6.45, 7) is 9.10. The zero-order chi connectivity index (χ0) is 10.8. The highest BCUT2D eigenvalue weighted by Crippen LogP contribution is 1.86. The van der Waals surface area contributed by atoms with Crippen molar-refractivity contribution >= 4 is 5.97 Å². The Balaban J connectivity index is 3.17. The molecule has 0 bridgehead atoms. The number of hydrogen-bond acceptors (Lipinski definition) is 3. The summed E-state index contributed by atoms with van der Waals surface area (Å²) in [7, 11) is 0. The van der Waals surface area contributed by atoms with Crippen molar-refractivity contribution in [2.24, 2.45) is 0 Å². The summed E-state index contributed by atoms with van der Waals surface area (Å²) < 4.78 is 5.21. The summed E-state index contributed by atoms with van der Waals surface area (Å²) in [5.41, 5.74) is 0.163. The summed E-state index contributed by atoms with van der Waals surface area (Å²) in [6, 6.07) is 0. The van der Waals surface area contributed by atoms with E-state index in [1.807, 2.05) is 0 Å². The second-order valence-corrected chi connectivity index (χ2v) is 2.78. The molecule has 0 saturated carbocycles. The number of ether oxygens (including phenoxy) is 1. The van der Waals surface area contributed by atoms with Crippen molar-refractivity contribution < 1.29 is 14.6 Å². The fourth-order valence-electron chi connectivity index (χ4n) is 0.728. The predicted molar refractivity (Wildman–Crippen MR) is 55.3 cm³/mol. The van der Waals surface area contributed by atoms with Gasteiger partial charge in [0.2, 0.25) is 0 Å². The minimum atomic E-state index is -0.968. The second-order valence-electron chi connectivity index (χ2n) is 2.78. The van der Waals surface area contributed by atoms with Crippen LogP contribution < -0.4 is 5.32 Å². The average Bonchev–Trinajstić information content (AvgIpc) is 2.16. The molecule has 0 aromatic rings. The number of nitrogens with one attached hydrogen (secondary N) is 1. The maximum atomic E-state index is 10.3. The first kappa shape index (κ1) is 12.9. The molecular weight excluding hydrogens is 182 g/mol. The lowest BCUT2D eigenvalue weighted by atomic mass is 10.3. The topological polar surface area (TPSA) is 58.6 Å². The second kappa shape index (κ2) is 8.47. The first-order valence-corrected chi connectivity index (χ1v) is 4.49. The van der Waals surface area contributed by atoms with Crippen molar-refractivity contribution in [3.05, 3.63) is 24.8 Å². The molecule has 0 fully saturated rings. The number of rotatable bonds is 9. The van der Waals surface area contributed by atoms with E-state index in [-0.39, 0.29) is 5.57 Å². The normalized spacial score (nSPS) is 9.71. The number of hydrogen-bond donors (Lipinski definition) is 2. The van der Waals surface area contributed by atoms with Crippen LogP contribution in [0.25, 0.3) is 0 Å². The lowest BCUT2D eigenvalue weighted by molar-refractivity contribution is -0.132. The van der Waals surface area contributed by atoms with Crippen molar-refractivity contribution in [1.82, 2.24) is 5.32 Å². The Morgan fingerprint density at radius 3 is 2.79 bits per heavy atom. The summed E-state index contributed by atoms with van der Waals surface area (Å²) in [5, 5.41) is 11.4. The van der Waals surface area contributed by atoms with Crippen LogP contribution in [-0.4, -0.2) is 37.4 Å². The van der Waals surface area contributed by atoms with Crippen LogP contribution >= 0.6 is 0 Å². The fourth-order valence-corrected chi connectivity index (χ4v) is 0.728. The molecule has 4 heteroatoms. The summed E-state index contributed by atoms with van der Waals surface area (Å²) in [6.07, 6.45) is 2.63. The van der Waals surface area contributed by atoms with Gasteiger partial charge in [-0.2, -0.15) is 0 Å². The molecule has 0 aromatic carbocycles. The van der Waals surface area contributed by atoms with E-state index in [0.29, 0.717) is 26.3 Å². The first-order valence-electron chi connectivity index (χ1n) is 4.49. The van der Waals surface area contributed by atoms with E-state index >= 15 is 0 Å². The van der Waals surface area contributed by atoms with Crippen LogP contribution in [0.15, 0.2) is 24.8 Å². The Morgan fingerprint density at radius 2 is 2.21 bits per heavy atom. The molecule has 80 valence electrons. The molecule has 0 radical (unpaired) electrons. The highest BCUT2D eigenvalue weighted by atomic mass is 16.5. The van der Waals surface area contributed by atoms with Crippen molar-refractivity contribution in [1.29, 1.82) is 0 Å². The molecule has 0 saturated heterocycles. The summed E-state index contributed by atoms with van der Waals surface area (Å²) in [5.74, 6) is -0.968. The van der Waals surface area contributed by atoms with Crippen LogP contribution in [0.4, 0.5) is 0 Å². The molecular formula is C10H17NO3. The van der Waals surface area contributed by atoms with Gasteiger partial charge in [-0.15, -0.1) is 6.58 Å². The highest BCUT2D eigenvalue weighted by molar-refractivity contribution is 5.86. The predicted octanol–water partition coefficient (Wildman–Crippen LogP) is 0.810. The van der Waals surface area contributed by atoms with Gasteiger partial charge in [0, 0.05) is 18.7 Å². The highest BCUT2D eigenvalue weighted by Gasteiger charge is 2.01. The zero-order valence-corrected chi connectivity index (χ0v) is 8.29. The molecule has 0 aliphatic rings. The summed E-state index contributed by atoms with van der Waals surface area (Å²) >= 11 is 0. The Bertz CT molecular complexity index is 202. The first-order chi connectivity index (χ1) is 6.68. The van der Waals surface area contributed by atoms with Gasteiger partial charge in [-0.25, -0.2) is 4.79 Å². The van der Waals surface area contributed by atoms with E-state index in [0.717, 1.165) is 6.42 Å². The minimum absolute atomic E-state index is 0.163. The summed E-state index contributed by atoms with van der Waals surface area (Å²) in [4.78, 5) is 10.3. The van der Waals surface area contributed by atoms with E-state index in [1.54, 1.807) is 6.08 Å². The Hall–Kier alpha value is -1.13. The number of carbonyl (C=O) groups is 1. The number of aliphatic carboxylic acids is 1. The van der Waals surface area contributed by atoms with Gasteiger partial charge in [-0.05, 0) is 6.42 Å². The average molecular weight is 199 g/mol. The molecule has 0 spiro atoms. The minimum Gasteiger partial charge on any atom is -0.478 e. The van der Waals surface area contributed by atoms with E-state index in [2.05, 4.69) is 18.5 Å². The third-order valence-corrected chi connectivity index (χ3v) is 1.53. The maximum absolute atomic E-state index is 10.3. The third kappa shape index (κ3) is 7.52. The van der Waals surface area contributed by atoms with Gasteiger partial charge in [0.1, 0.15) is 0 Å². The Kier molecular flexibility index (Phi) is 7.78. The van der Waals surface area contributed by atoms with Gasteiger partial charge < -0.3 is 15.2 Å². The molecule has 0 rings (SSSR count). The Morgan fingerprint density at radius 1 is 1.50 bits per heavy atom. The van der Waals surface area contributed by atoms with Gasteiger partial charge in [-0.3, -0.25) is 0 Å². The molecule has 0 amide bonds. The van der Waals surface area contributed by atoms with Gasteiger partial charge in [0.15, 0.2) is 0 Å². The lowest BCUT2D eigenvalue weighted by Crippen LogP contribution is -2.24. The van der Waals surface area contributed by atoms with Crippen LogP contribution in [0.2, 0.25) is 0 Å². The molecule has 0 heterocycles. The smallest absolute Gasteiger partial charge is 0.332 e. The molecule has 0 atom stereocenters. The Labute approximate surface area is 84.3 Å². The van der Waals surface area contributed by atoms with Crippen molar-refractivity contribution in [2.45, 2.75) is 6.42 Å². The van der Waals surface area contributed by atoms with Crippen LogP contribution in [0.5, 0.6) is 0 Å². The van der Waals surface area contributed by atoms with Gasteiger partial charge in [-0.1, -0.05) is 12.7 Å². The van der Waals surface area contributed by atoms with Gasteiger partial charge in [0.05, 0.1) is 13.2 Å². The molecule has 4 nitrogen and oxygen atoms in total. The number of carboxylic acids is 1. The lowest BCUT2D eigenvalue weighted by Gasteiger charge is -2.04. The molecule has 14 heavy (non-hydrogen) atoms. The largest absolute Gasteiger partial charge is 0.478 e. The maximum Gasteiger partial charge on any atom is 0.332 e. The fraction of sp³-hybridized carbons (Fsp3) is 0.500. The third-order valence-electron chi connectivity index (χ3n) is 1.53. The molecule has 0 aliphatic heterocycles. The van der Waals surface area contributed by atoms with Crippen molar-refractivity contribution in [3.8, 4) is 0 Å². The van der Waals surface area contributed by atoms with E-state index in [9.17, 15) is 4.79 Å². The molecule has 2 N–H and O–H groups in total. The van der Waals surface area contributed by atoms with Crippen LogP contribution in [0.3, 0.4) is 0 Å². The monoisotopic (exact) mass is 199 g/mol. The van der Waals surface area contributed by atoms with Gasteiger partial charge in [0.25, 0.3) is 0 Å². The molecule has 0 aromatic heterocycles. The van der Waals surface area contributed by atoms with Crippen LogP contribution in [0, 0.1) is 0 Å². The molecule has 0 unspecified atom stereocenters. The van der Waals surface area contributed by atoms with Crippen molar-refractivity contribution in [3.63, 3.8) is 0 Å². The van der Waals surface area contributed by atoms with Crippen molar-refractivity contribution in [2.75, 3.05) is 26.3 Å². The zero-order valence-electron chi connectivity index (χ0n) is 8.29. The van der Waals surface area contributed by atoms with Crippen LogP contribution in [0.1, 0.15) is 6.42 Å². The van der Waals surface area contributed by atoms with E-state index in [4.69, 9.17) is 9.84 Å². The van der Waals surface area contributed by atoms with E-state index < -0.39 is 5.97 Å². The van der Waals surface area contributed by atoms with E-state index in [1.165, 1.54) is 0 Å². The molecule has 0 aliphatic carbocycles. The SMILES string of the molecule is C=CCCOCCNCC(=C)C(=O)O. The standard InChI is InChI=1S/C10H17NO3/c1-3-4-6-14-7-5-11-8-9(2)10(12)13/h3,11H,1-2,4-8H2,(H,12,13). The number of carboxylic acid groups (broad SMARTS) is 1. The van der Waals surface area contributed by atoms with Gasteiger partial charge >= 0.3 is 5.97 Å². The van der Waals surface area contributed by atoms with Crippen LogP contribution in [-0.2, 0) is 9.53 Å².